The normalized spacial score (nSPS) is 20.2. The van der Waals surface area contributed by atoms with Crippen molar-refractivity contribution in [1.82, 2.24) is 18.7 Å². The van der Waals surface area contributed by atoms with Gasteiger partial charge in [-0.3, -0.25) is 4.57 Å². The van der Waals surface area contributed by atoms with Crippen molar-refractivity contribution >= 4 is 65.4 Å². The van der Waals surface area contributed by atoms with Crippen molar-refractivity contribution in [3.8, 4) is 28.5 Å². The molecule has 0 fully saturated rings. The topological polar surface area (TPSA) is 27.7 Å². The Morgan fingerprint density at radius 2 is 0.706 bits per heavy atom. The van der Waals surface area contributed by atoms with E-state index in [-0.39, 0.29) is 0 Å². The lowest BCUT2D eigenvalue weighted by Gasteiger charge is -2.17. The van der Waals surface area contributed by atoms with Crippen molar-refractivity contribution in [3.63, 3.8) is 0 Å². The van der Waals surface area contributed by atoms with Crippen LogP contribution >= 0.6 is 0 Å². The molecule has 4 heterocycles. The molecule has 238 valence electrons. The molecule has 0 saturated heterocycles. The molecule has 0 radical (unpaired) electrons. The average molecular weight is 681 g/mol. The number of hydrogen-bond donors (Lipinski definition) is 0. The van der Waals surface area contributed by atoms with Crippen LogP contribution < -0.4 is 0 Å². The number of benzene rings is 7. The largest absolute Gasteiger partial charge is 0.309 e. The molecule has 0 saturated carbocycles. The predicted octanol–water partition coefficient (Wildman–Crippen LogP) is 12.0. The number of fused-ring (bicyclic) bond motifs is 9. The minimum Gasteiger partial charge on any atom is -0.309 e. The zero-order chi connectivity index (χ0) is 59.6. The molecule has 11 aromatic rings. The van der Waals surface area contributed by atoms with Crippen molar-refractivity contribution in [1.29, 1.82) is 0 Å². The van der Waals surface area contributed by atoms with Crippen molar-refractivity contribution in [2.24, 2.45) is 0 Å². The first-order valence-corrected chi connectivity index (χ1v) is 15.0. The molecular formula is C47H30N4. The summed E-state index contributed by atoms with van der Waals surface area (Å²) in [4.78, 5) is 4.66. The van der Waals surface area contributed by atoms with Crippen LogP contribution in [0.2, 0.25) is 0 Å². The summed E-state index contributed by atoms with van der Waals surface area (Å²) in [6, 6.07) is -29.2. The van der Waals surface area contributed by atoms with Crippen molar-refractivity contribution in [2.75, 3.05) is 0 Å². The van der Waals surface area contributed by atoms with Gasteiger partial charge in [-0.1, -0.05) is 127 Å². The Morgan fingerprint density at radius 3 is 1.16 bits per heavy atom. The van der Waals surface area contributed by atoms with Crippen LogP contribution in [0.15, 0.2) is 181 Å². The number of rotatable bonds is 4. The fourth-order valence-corrected chi connectivity index (χ4v) is 6.31. The molecule has 0 amide bonds. The summed E-state index contributed by atoms with van der Waals surface area (Å²) in [5.74, 6) is -1.04. The Bertz CT molecular complexity index is 4650. The van der Waals surface area contributed by atoms with E-state index < -0.39 is 275 Å². The zero-order valence-corrected chi connectivity index (χ0v) is 25.3. The van der Waals surface area contributed by atoms with Gasteiger partial charge < -0.3 is 9.13 Å². The molecule has 7 aromatic carbocycles. The van der Waals surface area contributed by atoms with E-state index in [1.165, 1.54) is 0 Å². The predicted molar refractivity (Wildman–Crippen MR) is 213 cm³/mol. The highest BCUT2D eigenvalue weighted by molar-refractivity contribution is 6.11. The van der Waals surface area contributed by atoms with Gasteiger partial charge in [0, 0.05) is 43.9 Å². The first-order chi connectivity index (χ1) is 37.8. The summed E-state index contributed by atoms with van der Waals surface area (Å²) in [5, 5.41) is -3.53. The van der Waals surface area contributed by atoms with Gasteiger partial charge in [0.15, 0.2) is 0 Å². The highest BCUT2D eigenvalue weighted by Crippen LogP contribution is 2.39. The van der Waals surface area contributed by atoms with Crippen LogP contribution in [0.1, 0.15) is 41.1 Å². The Balaban J connectivity index is 1.51. The molecular weight excluding hydrogens is 621 g/mol. The molecule has 51 heavy (non-hydrogen) atoms. The van der Waals surface area contributed by atoms with E-state index in [4.69, 9.17) is 27.4 Å². The summed E-state index contributed by atoms with van der Waals surface area (Å²) in [6.07, 6.45) is 0. The lowest BCUT2D eigenvalue weighted by Crippen LogP contribution is -2.04. The van der Waals surface area contributed by atoms with Gasteiger partial charge in [0.2, 0.25) is 0 Å². The molecule has 11 rings (SSSR count). The third kappa shape index (κ3) is 4.05. The number of para-hydroxylation sites is 7. The van der Waals surface area contributed by atoms with E-state index in [1.54, 1.807) is 0 Å². The van der Waals surface area contributed by atoms with Gasteiger partial charge >= 0.3 is 0 Å². The van der Waals surface area contributed by atoms with Gasteiger partial charge in [0.05, 0.1) is 91.3 Å². The highest BCUT2D eigenvalue weighted by Gasteiger charge is 2.20. The number of nitrogens with zero attached hydrogens (tertiary/aromatic N) is 4. The molecule has 0 aliphatic heterocycles. The van der Waals surface area contributed by atoms with E-state index in [1.807, 2.05) is 0 Å². The van der Waals surface area contributed by atoms with Crippen LogP contribution in [0.5, 0.6) is 0 Å². The zero-order valence-electron chi connectivity index (χ0n) is 55.3. The second-order valence-corrected chi connectivity index (χ2v) is 11.0. The maximum absolute atomic E-state index is 10.3. The summed E-state index contributed by atoms with van der Waals surface area (Å²) in [5.41, 5.74) is -8.36. The summed E-state index contributed by atoms with van der Waals surface area (Å²) >= 11 is 0. The van der Waals surface area contributed by atoms with Crippen LogP contribution in [-0.2, 0) is 0 Å². The van der Waals surface area contributed by atoms with Gasteiger partial charge in [-0.05, 0) is 48.3 Å². The SMILES string of the molecule is [2H]c1c([2H])c([2H])c(-n2c3c([2H])c([2H])c([2H])c([2H])c3c3c([2H])c([2H])c([2H])c([2H])c32)c(-c2nc(-n3c4c([2H])c([2H])c([2H])c([2H])c4c4c([2H])c([2H])c([2H])c([2H])c43)c([2H])c(-n3c4c([2H])c([2H])c([2H])c([2H])c4c4c([2H])c([2H])c([2H])c([2H])c43)c2[2H])c1[2H]. The first kappa shape index (κ1) is 11.6. The van der Waals surface area contributed by atoms with Gasteiger partial charge in [-0.15, -0.1) is 0 Å². The Hall–Kier alpha value is -6.91. The van der Waals surface area contributed by atoms with Crippen LogP contribution in [0.3, 0.4) is 0 Å². The summed E-state index contributed by atoms with van der Waals surface area (Å²) in [7, 11) is 0. The quantitative estimate of drug-likeness (QED) is 0.182. The second-order valence-electron chi connectivity index (χ2n) is 11.0. The van der Waals surface area contributed by atoms with E-state index in [0.29, 0.717) is 13.7 Å². The maximum Gasteiger partial charge on any atom is 0.140 e. The van der Waals surface area contributed by atoms with Gasteiger partial charge in [-0.25, -0.2) is 4.98 Å². The molecule has 0 N–H and O–H groups in total. The molecule has 0 aliphatic carbocycles. The van der Waals surface area contributed by atoms with Crippen LogP contribution in [0.4, 0.5) is 0 Å². The minimum absolute atomic E-state index is 0.578. The van der Waals surface area contributed by atoms with E-state index in [0.717, 1.165) is 0 Å². The molecule has 0 spiro atoms. The molecule has 0 atom stereocenters. The third-order valence-electron chi connectivity index (χ3n) is 8.35. The van der Waals surface area contributed by atoms with E-state index >= 15 is 0 Å². The molecule has 0 aliphatic rings. The standard InChI is InChI=1S/C47H30N4/c1-8-22-40-32(15-1)33-16-2-9-23-41(33)49(40)31-29-39(48-47(30-31)51-44-26-12-5-19-36(44)37-20-6-13-27-45(37)51)38-21-7-14-28-46(38)50-42-24-10-3-17-34(42)35-18-4-11-25-43(35)50/h1-30H/i1D,2D,3D,4D,5D,6D,7D,8D,9D,10D,11D,12D,13D,14D,15D,16D,17D,18D,19D,20D,21D,22D,23D,24D,25D,26D,27D,28D,29D,30D. The van der Waals surface area contributed by atoms with Crippen molar-refractivity contribution < 1.29 is 41.1 Å². The molecule has 0 unspecified atom stereocenters. The smallest absolute Gasteiger partial charge is 0.140 e. The number of aromatic nitrogens is 4. The molecule has 4 aromatic heterocycles. The van der Waals surface area contributed by atoms with Gasteiger partial charge in [0.1, 0.15) is 5.82 Å². The van der Waals surface area contributed by atoms with Crippen molar-refractivity contribution in [2.45, 2.75) is 0 Å². The van der Waals surface area contributed by atoms with Crippen LogP contribution in [0, 0.1) is 0 Å². The maximum atomic E-state index is 10.3. The van der Waals surface area contributed by atoms with E-state index in [2.05, 4.69) is 4.98 Å². The number of hydrogen-bond acceptors (Lipinski definition) is 1. The summed E-state index contributed by atoms with van der Waals surface area (Å²) < 4.78 is 275. The molecule has 4 heteroatoms. The molecule has 0 bridgehead atoms. The monoisotopic (exact) mass is 680 g/mol. The summed E-state index contributed by atoms with van der Waals surface area (Å²) in [6.45, 7) is 0. The minimum atomic E-state index is -1.21. The number of pyridine rings is 1. The molecule has 4 nitrogen and oxygen atoms in total. The lowest BCUT2D eigenvalue weighted by atomic mass is 10.1. The fourth-order valence-electron chi connectivity index (χ4n) is 6.31. The Morgan fingerprint density at radius 1 is 0.353 bits per heavy atom. The highest BCUT2D eigenvalue weighted by atomic mass is 15.1. The Kier molecular flexibility index (Phi) is 2.45. The van der Waals surface area contributed by atoms with Gasteiger partial charge in [-0.2, -0.15) is 0 Å². The van der Waals surface area contributed by atoms with Crippen molar-refractivity contribution in [3.05, 3.63) is 181 Å². The fraction of sp³-hybridized carbons (Fsp3) is 0. The first-order valence-electron chi connectivity index (χ1n) is 30.0. The second kappa shape index (κ2) is 10.8. The van der Waals surface area contributed by atoms with E-state index in [9.17, 15) is 13.7 Å². The lowest BCUT2D eigenvalue weighted by molar-refractivity contribution is 1.06. The average Bonchev–Trinajstić information content (AvgIpc) is 4.24. The Labute approximate surface area is 335 Å². The van der Waals surface area contributed by atoms with Crippen LogP contribution in [-0.4, -0.2) is 18.7 Å². The van der Waals surface area contributed by atoms with Gasteiger partial charge in [0.25, 0.3) is 0 Å². The third-order valence-corrected chi connectivity index (χ3v) is 8.35. The van der Waals surface area contributed by atoms with Crippen LogP contribution in [0.25, 0.3) is 93.9 Å².